The number of amides is 2. The highest BCUT2D eigenvalue weighted by Gasteiger charge is 2.19. The first-order valence-electron chi connectivity index (χ1n) is 10.6. The van der Waals surface area contributed by atoms with Crippen molar-refractivity contribution < 1.29 is 14.3 Å². The van der Waals surface area contributed by atoms with E-state index in [1.54, 1.807) is 49.4 Å². The van der Waals surface area contributed by atoms with E-state index in [-0.39, 0.29) is 19.1 Å². The van der Waals surface area contributed by atoms with Gasteiger partial charge in [-0.05, 0) is 49.4 Å². The Hall–Kier alpha value is -3.55. The molecule has 0 radical (unpaired) electrons. The maximum atomic E-state index is 13.1. The number of likely N-dealkylation sites (N-methyl/N-ethyl adjacent to an activating group) is 1. The zero-order valence-corrected chi connectivity index (χ0v) is 19.9. The summed E-state index contributed by atoms with van der Waals surface area (Å²) in [6.45, 7) is 2.26. The number of hydrogen-bond donors (Lipinski definition) is 1. The smallest absolute Gasteiger partial charge is 0.254 e. The number of nitrogens with zero attached hydrogens (tertiary/aromatic N) is 3. The predicted octanol–water partition coefficient (Wildman–Crippen LogP) is 5.32. The van der Waals surface area contributed by atoms with E-state index < -0.39 is 5.91 Å². The van der Waals surface area contributed by atoms with Crippen molar-refractivity contribution in [2.24, 2.45) is 0 Å². The van der Waals surface area contributed by atoms with E-state index in [4.69, 9.17) is 27.9 Å². The molecule has 2 amide bonds. The standard InChI is InChI=1S/C25H22Cl2N4O3/c1-2-30(15-23(32)29-24-20(26)9-6-10-21(24)27)25(33)17-7-5-8-19(13-17)34-16-18-14-31-12-4-3-11-22(31)28-18/h3-14H,2,15-16H2,1H3,(H,29,32). The van der Waals surface area contributed by atoms with Gasteiger partial charge in [-0.2, -0.15) is 0 Å². The van der Waals surface area contributed by atoms with Crippen LogP contribution >= 0.6 is 23.2 Å². The Morgan fingerprint density at radius 3 is 2.56 bits per heavy atom. The fraction of sp³-hybridized carbons (Fsp3) is 0.160. The van der Waals surface area contributed by atoms with Crippen molar-refractivity contribution in [1.82, 2.24) is 14.3 Å². The number of halogens is 2. The molecule has 0 spiro atoms. The number of fused-ring (bicyclic) bond motifs is 1. The molecule has 0 aliphatic heterocycles. The Morgan fingerprint density at radius 1 is 1.06 bits per heavy atom. The number of aromatic nitrogens is 2. The molecule has 0 saturated carbocycles. The number of imidazole rings is 1. The first-order valence-corrected chi connectivity index (χ1v) is 11.4. The second-order valence-corrected chi connectivity index (χ2v) is 8.29. The number of hydrogen-bond acceptors (Lipinski definition) is 4. The Kier molecular flexibility index (Phi) is 7.35. The number of anilines is 1. The quantitative estimate of drug-likeness (QED) is 0.358. The van der Waals surface area contributed by atoms with E-state index in [0.29, 0.717) is 33.6 Å². The summed E-state index contributed by atoms with van der Waals surface area (Å²) >= 11 is 12.2. The molecule has 0 atom stereocenters. The summed E-state index contributed by atoms with van der Waals surface area (Å²) in [6.07, 6.45) is 3.81. The van der Waals surface area contributed by atoms with Crippen LogP contribution in [-0.2, 0) is 11.4 Å². The molecule has 0 bridgehead atoms. The summed E-state index contributed by atoms with van der Waals surface area (Å²) in [5.74, 6) is -0.156. The summed E-state index contributed by atoms with van der Waals surface area (Å²) < 4.78 is 7.77. The van der Waals surface area contributed by atoms with Crippen LogP contribution in [0.5, 0.6) is 5.75 Å². The SMILES string of the molecule is CCN(CC(=O)Nc1c(Cl)cccc1Cl)C(=O)c1cccc(OCc2cn3ccccc3n2)c1. The summed E-state index contributed by atoms with van der Waals surface area (Å²) in [7, 11) is 0. The largest absolute Gasteiger partial charge is 0.487 e. The summed E-state index contributed by atoms with van der Waals surface area (Å²) in [5.41, 5.74) is 2.34. The third-order valence-corrected chi connectivity index (χ3v) is 5.74. The van der Waals surface area contributed by atoms with Crippen LogP contribution in [0.1, 0.15) is 23.0 Å². The second-order valence-electron chi connectivity index (χ2n) is 7.48. The average molecular weight is 497 g/mol. The molecule has 34 heavy (non-hydrogen) atoms. The lowest BCUT2D eigenvalue weighted by Gasteiger charge is -2.21. The molecular formula is C25H22Cl2N4O3. The van der Waals surface area contributed by atoms with E-state index in [9.17, 15) is 9.59 Å². The van der Waals surface area contributed by atoms with Gasteiger partial charge in [0, 0.05) is 24.5 Å². The lowest BCUT2D eigenvalue weighted by molar-refractivity contribution is -0.116. The third kappa shape index (κ3) is 5.50. The summed E-state index contributed by atoms with van der Waals surface area (Å²) in [6, 6.07) is 17.6. The van der Waals surface area contributed by atoms with Crippen LogP contribution in [0.15, 0.2) is 73.1 Å². The molecule has 174 valence electrons. The van der Waals surface area contributed by atoms with Crippen molar-refractivity contribution in [2.75, 3.05) is 18.4 Å². The van der Waals surface area contributed by atoms with Gasteiger partial charge in [0.25, 0.3) is 5.91 Å². The van der Waals surface area contributed by atoms with Crippen molar-refractivity contribution in [3.05, 3.63) is 94.4 Å². The van der Waals surface area contributed by atoms with Gasteiger partial charge < -0.3 is 19.4 Å². The normalized spacial score (nSPS) is 10.8. The minimum Gasteiger partial charge on any atom is -0.487 e. The van der Waals surface area contributed by atoms with E-state index in [1.165, 1.54) is 4.90 Å². The molecule has 2 aromatic heterocycles. The molecule has 4 rings (SSSR count). The number of carbonyl (C=O) groups excluding carboxylic acids is 2. The molecular weight excluding hydrogens is 475 g/mol. The van der Waals surface area contributed by atoms with Crippen LogP contribution in [0.2, 0.25) is 10.0 Å². The van der Waals surface area contributed by atoms with E-state index in [1.807, 2.05) is 35.0 Å². The van der Waals surface area contributed by atoms with E-state index in [0.717, 1.165) is 11.3 Å². The van der Waals surface area contributed by atoms with Gasteiger partial charge in [0.1, 0.15) is 24.5 Å². The predicted molar refractivity (Wildman–Crippen MR) is 133 cm³/mol. The number of rotatable bonds is 8. The minimum atomic E-state index is -0.399. The molecule has 9 heteroatoms. The second kappa shape index (κ2) is 10.6. The van der Waals surface area contributed by atoms with Gasteiger partial charge in [0.2, 0.25) is 5.91 Å². The molecule has 0 aliphatic rings. The Morgan fingerprint density at radius 2 is 1.82 bits per heavy atom. The number of benzene rings is 2. The topological polar surface area (TPSA) is 75.9 Å². The number of pyridine rings is 1. The highest BCUT2D eigenvalue weighted by Crippen LogP contribution is 2.29. The molecule has 1 N–H and O–H groups in total. The Labute approximate surface area is 206 Å². The highest BCUT2D eigenvalue weighted by atomic mass is 35.5. The van der Waals surface area contributed by atoms with Crippen molar-refractivity contribution in [1.29, 1.82) is 0 Å². The van der Waals surface area contributed by atoms with Gasteiger partial charge in [-0.25, -0.2) is 4.98 Å². The summed E-state index contributed by atoms with van der Waals surface area (Å²) in [4.78, 5) is 31.6. The zero-order chi connectivity index (χ0) is 24.1. The number of para-hydroxylation sites is 1. The maximum Gasteiger partial charge on any atom is 0.254 e. The first-order chi connectivity index (χ1) is 16.4. The number of carbonyl (C=O) groups is 2. The van der Waals surface area contributed by atoms with Crippen LogP contribution in [0.4, 0.5) is 5.69 Å². The highest BCUT2D eigenvalue weighted by molar-refractivity contribution is 6.39. The molecule has 0 unspecified atom stereocenters. The molecule has 2 heterocycles. The maximum absolute atomic E-state index is 13.1. The molecule has 0 aliphatic carbocycles. The lowest BCUT2D eigenvalue weighted by Crippen LogP contribution is -2.38. The van der Waals surface area contributed by atoms with Crippen molar-refractivity contribution in [3.8, 4) is 5.75 Å². The van der Waals surface area contributed by atoms with Gasteiger partial charge in [-0.15, -0.1) is 0 Å². The molecule has 0 saturated heterocycles. The summed E-state index contributed by atoms with van der Waals surface area (Å²) in [5, 5.41) is 3.33. The molecule has 2 aromatic carbocycles. The zero-order valence-electron chi connectivity index (χ0n) is 18.4. The third-order valence-electron chi connectivity index (χ3n) is 5.11. The van der Waals surface area contributed by atoms with Crippen LogP contribution in [0.3, 0.4) is 0 Å². The van der Waals surface area contributed by atoms with Crippen molar-refractivity contribution in [2.45, 2.75) is 13.5 Å². The van der Waals surface area contributed by atoms with Crippen LogP contribution in [0, 0.1) is 0 Å². The fourth-order valence-electron chi connectivity index (χ4n) is 3.41. The van der Waals surface area contributed by atoms with Gasteiger partial charge in [0.15, 0.2) is 0 Å². The Balaban J connectivity index is 1.40. The minimum absolute atomic E-state index is 0.150. The van der Waals surface area contributed by atoms with Crippen LogP contribution in [0.25, 0.3) is 5.65 Å². The van der Waals surface area contributed by atoms with Crippen LogP contribution in [-0.4, -0.2) is 39.2 Å². The lowest BCUT2D eigenvalue weighted by atomic mass is 10.2. The number of nitrogens with one attached hydrogen (secondary N) is 1. The fourth-order valence-corrected chi connectivity index (χ4v) is 3.90. The van der Waals surface area contributed by atoms with Crippen molar-refractivity contribution >= 4 is 46.4 Å². The van der Waals surface area contributed by atoms with Crippen molar-refractivity contribution in [3.63, 3.8) is 0 Å². The van der Waals surface area contributed by atoms with Crippen LogP contribution < -0.4 is 10.1 Å². The molecule has 7 nitrogen and oxygen atoms in total. The van der Waals surface area contributed by atoms with E-state index in [2.05, 4.69) is 10.3 Å². The first kappa shape index (κ1) is 23.6. The van der Waals surface area contributed by atoms with E-state index >= 15 is 0 Å². The Bertz CT molecular complexity index is 1290. The average Bonchev–Trinajstić information content (AvgIpc) is 3.26. The van der Waals surface area contributed by atoms with Gasteiger partial charge in [-0.3, -0.25) is 9.59 Å². The molecule has 0 fully saturated rings. The monoisotopic (exact) mass is 496 g/mol. The van der Waals surface area contributed by atoms with Gasteiger partial charge >= 0.3 is 0 Å². The number of ether oxygens (including phenoxy) is 1. The van der Waals surface area contributed by atoms with Gasteiger partial charge in [-0.1, -0.05) is 41.4 Å². The molecule has 4 aromatic rings. The van der Waals surface area contributed by atoms with Gasteiger partial charge in [0.05, 0.1) is 21.4 Å².